The van der Waals surface area contributed by atoms with Gasteiger partial charge in [-0.1, -0.05) is 0 Å². The lowest BCUT2D eigenvalue weighted by Gasteiger charge is -2.41. The summed E-state index contributed by atoms with van der Waals surface area (Å²) in [4.78, 5) is 16.7. The average Bonchev–Trinajstić information content (AvgIpc) is 2.90. The minimum absolute atomic E-state index is 0.189. The highest BCUT2D eigenvalue weighted by molar-refractivity contribution is 5.77. The first kappa shape index (κ1) is 14.3. The third-order valence-electron chi connectivity index (χ3n) is 5.06. The van der Waals surface area contributed by atoms with Gasteiger partial charge >= 0.3 is 0 Å². The lowest BCUT2D eigenvalue weighted by molar-refractivity contribution is -0.135. The normalized spacial score (nSPS) is 30.2. The van der Waals surface area contributed by atoms with E-state index in [0.29, 0.717) is 12.5 Å². The maximum atomic E-state index is 12.3. The lowest BCUT2D eigenvalue weighted by atomic mass is 9.75. The van der Waals surface area contributed by atoms with Gasteiger partial charge in [-0.3, -0.25) is 9.69 Å². The van der Waals surface area contributed by atoms with E-state index in [1.54, 1.807) is 0 Å². The highest BCUT2D eigenvalue weighted by Gasteiger charge is 2.36. The molecule has 1 saturated carbocycles. The zero-order chi connectivity index (χ0) is 14.0. The van der Waals surface area contributed by atoms with Crippen LogP contribution in [0.15, 0.2) is 0 Å². The summed E-state index contributed by atoms with van der Waals surface area (Å²) < 4.78 is 5.68. The van der Waals surface area contributed by atoms with Crippen LogP contribution in [0.25, 0.3) is 0 Å². The Hall–Kier alpha value is -0.650. The standard InChI is InChI=1S/C15H27N3O2/c16-15(4-2-5-15)11-14(19)18-8-6-17(7-9-18)12-13-3-1-10-20-13/h13H,1-12,16H2. The van der Waals surface area contributed by atoms with Crippen molar-refractivity contribution < 1.29 is 9.53 Å². The molecule has 0 aromatic heterocycles. The SMILES string of the molecule is NC1(CC(=O)N2CCN(CC3CCCO3)CC2)CCC1. The van der Waals surface area contributed by atoms with Crippen LogP contribution in [0.4, 0.5) is 0 Å². The van der Waals surface area contributed by atoms with E-state index in [1.807, 2.05) is 4.90 Å². The number of carbonyl (C=O) groups is 1. The highest BCUT2D eigenvalue weighted by Crippen LogP contribution is 2.32. The van der Waals surface area contributed by atoms with Crippen LogP contribution in [0.5, 0.6) is 0 Å². The zero-order valence-electron chi connectivity index (χ0n) is 12.4. The molecular formula is C15H27N3O2. The Kier molecular flexibility index (Phi) is 4.29. The van der Waals surface area contributed by atoms with Crippen molar-refractivity contribution in [3.8, 4) is 0 Å². The van der Waals surface area contributed by atoms with E-state index in [2.05, 4.69) is 4.90 Å². The molecule has 1 amide bonds. The molecule has 2 aliphatic heterocycles. The monoisotopic (exact) mass is 281 g/mol. The highest BCUT2D eigenvalue weighted by atomic mass is 16.5. The number of amides is 1. The van der Waals surface area contributed by atoms with Gasteiger partial charge in [-0.05, 0) is 32.1 Å². The third kappa shape index (κ3) is 3.32. The van der Waals surface area contributed by atoms with Crippen LogP contribution in [0.3, 0.4) is 0 Å². The minimum Gasteiger partial charge on any atom is -0.377 e. The smallest absolute Gasteiger partial charge is 0.224 e. The fourth-order valence-corrected chi connectivity index (χ4v) is 3.48. The van der Waals surface area contributed by atoms with E-state index in [1.165, 1.54) is 19.3 Å². The second-order valence-corrected chi connectivity index (χ2v) is 6.71. The summed E-state index contributed by atoms with van der Waals surface area (Å²) in [6.07, 6.45) is 6.54. The van der Waals surface area contributed by atoms with Crippen molar-refractivity contribution in [3.05, 3.63) is 0 Å². The number of nitrogens with two attached hydrogens (primary N) is 1. The molecule has 20 heavy (non-hydrogen) atoms. The molecule has 114 valence electrons. The van der Waals surface area contributed by atoms with Crippen LogP contribution >= 0.6 is 0 Å². The molecule has 3 rings (SSSR count). The lowest BCUT2D eigenvalue weighted by Crippen LogP contribution is -2.54. The van der Waals surface area contributed by atoms with Gasteiger partial charge in [-0.25, -0.2) is 0 Å². The number of piperazine rings is 1. The first-order chi connectivity index (χ1) is 9.65. The predicted octanol–water partition coefficient (Wildman–Crippen LogP) is 0.581. The summed E-state index contributed by atoms with van der Waals surface area (Å²) in [6, 6.07) is 0. The van der Waals surface area contributed by atoms with Crippen LogP contribution in [0.2, 0.25) is 0 Å². The van der Waals surface area contributed by atoms with Crippen LogP contribution in [-0.4, -0.2) is 66.7 Å². The van der Waals surface area contributed by atoms with Gasteiger partial charge < -0.3 is 15.4 Å². The molecule has 0 aromatic carbocycles. The van der Waals surface area contributed by atoms with Crippen LogP contribution in [-0.2, 0) is 9.53 Å². The number of hydrogen-bond donors (Lipinski definition) is 1. The molecule has 0 aromatic rings. The molecule has 3 aliphatic rings. The first-order valence-corrected chi connectivity index (χ1v) is 8.05. The number of nitrogens with zero attached hydrogens (tertiary/aromatic N) is 2. The molecule has 2 N–H and O–H groups in total. The fraction of sp³-hybridized carbons (Fsp3) is 0.933. The van der Waals surface area contributed by atoms with Gasteiger partial charge in [0.25, 0.3) is 0 Å². The summed E-state index contributed by atoms with van der Waals surface area (Å²) in [7, 11) is 0. The van der Waals surface area contributed by atoms with Crippen molar-refractivity contribution in [2.45, 2.75) is 50.2 Å². The van der Waals surface area contributed by atoms with Gasteiger partial charge in [0.2, 0.25) is 5.91 Å². The Balaban J connectivity index is 1.40. The molecule has 0 spiro atoms. The molecule has 0 radical (unpaired) electrons. The molecule has 0 bridgehead atoms. The second-order valence-electron chi connectivity index (χ2n) is 6.71. The van der Waals surface area contributed by atoms with Crippen LogP contribution < -0.4 is 5.73 Å². The summed E-state index contributed by atoms with van der Waals surface area (Å²) >= 11 is 0. The molecular weight excluding hydrogens is 254 g/mol. The number of ether oxygens (including phenoxy) is 1. The number of carbonyl (C=O) groups excluding carboxylic acids is 1. The quantitative estimate of drug-likeness (QED) is 0.819. The van der Waals surface area contributed by atoms with Crippen molar-refractivity contribution in [2.24, 2.45) is 5.73 Å². The molecule has 1 unspecified atom stereocenters. The molecule has 3 fully saturated rings. The molecule has 2 saturated heterocycles. The van der Waals surface area contributed by atoms with Crippen molar-refractivity contribution >= 4 is 5.91 Å². The summed E-state index contributed by atoms with van der Waals surface area (Å²) in [5, 5.41) is 0. The second kappa shape index (κ2) is 6.00. The predicted molar refractivity (Wildman–Crippen MR) is 77.4 cm³/mol. The van der Waals surface area contributed by atoms with E-state index < -0.39 is 0 Å². The first-order valence-electron chi connectivity index (χ1n) is 8.05. The summed E-state index contributed by atoms with van der Waals surface area (Å²) in [6.45, 7) is 5.60. The van der Waals surface area contributed by atoms with Gasteiger partial charge in [0.05, 0.1) is 6.10 Å². The minimum atomic E-state index is -0.189. The Morgan fingerprint density at radius 2 is 1.95 bits per heavy atom. The van der Waals surface area contributed by atoms with Crippen LogP contribution in [0.1, 0.15) is 38.5 Å². The van der Waals surface area contributed by atoms with Gasteiger partial charge in [-0.15, -0.1) is 0 Å². The van der Waals surface area contributed by atoms with E-state index >= 15 is 0 Å². The molecule has 1 aliphatic carbocycles. The van der Waals surface area contributed by atoms with E-state index in [4.69, 9.17) is 10.5 Å². The molecule has 5 nitrogen and oxygen atoms in total. The van der Waals surface area contributed by atoms with Gasteiger partial charge in [0.15, 0.2) is 0 Å². The molecule has 1 atom stereocenters. The Morgan fingerprint density at radius 1 is 1.20 bits per heavy atom. The summed E-state index contributed by atoms with van der Waals surface area (Å²) in [5.74, 6) is 0.254. The van der Waals surface area contributed by atoms with Gasteiger partial charge in [-0.2, -0.15) is 0 Å². The zero-order valence-corrected chi connectivity index (χ0v) is 12.4. The third-order valence-corrected chi connectivity index (χ3v) is 5.06. The maximum absolute atomic E-state index is 12.3. The van der Waals surface area contributed by atoms with E-state index in [-0.39, 0.29) is 11.4 Å². The average molecular weight is 281 g/mol. The number of rotatable bonds is 4. The fourth-order valence-electron chi connectivity index (χ4n) is 3.48. The Morgan fingerprint density at radius 3 is 2.50 bits per heavy atom. The van der Waals surface area contributed by atoms with Crippen molar-refractivity contribution in [1.29, 1.82) is 0 Å². The number of hydrogen-bond acceptors (Lipinski definition) is 4. The maximum Gasteiger partial charge on any atom is 0.224 e. The van der Waals surface area contributed by atoms with E-state index in [0.717, 1.165) is 52.2 Å². The van der Waals surface area contributed by atoms with Crippen molar-refractivity contribution in [2.75, 3.05) is 39.3 Å². The van der Waals surface area contributed by atoms with Crippen molar-refractivity contribution in [3.63, 3.8) is 0 Å². The van der Waals surface area contributed by atoms with E-state index in [9.17, 15) is 4.79 Å². The largest absolute Gasteiger partial charge is 0.377 e. The summed E-state index contributed by atoms with van der Waals surface area (Å²) in [5.41, 5.74) is 5.98. The van der Waals surface area contributed by atoms with Gasteiger partial charge in [0, 0.05) is 51.3 Å². The Bertz CT molecular complexity index is 343. The van der Waals surface area contributed by atoms with Crippen LogP contribution in [0, 0.1) is 0 Å². The molecule has 2 heterocycles. The molecule has 5 heteroatoms. The van der Waals surface area contributed by atoms with Gasteiger partial charge in [0.1, 0.15) is 0 Å². The topological polar surface area (TPSA) is 58.8 Å². The van der Waals surface area contributed by atoms with Crippen molar-refractivity contribution in [1.82, 2.24) is 9.80 Å². The Labute approximate surface area is 121 Å².